The van der Waals surface area contributed by atoms with Crippen LogP contribution in [0.15, 0.2) is 24.3 Å². The van der Waals surface area contributed by atoms with Gasteiger partial charge in [-0.2, -0.15) is 0 Å². The van der Waals surface area contributed by atoms with E-state index in [1.807, 2.05) is 4.90 Å². The Labute approximate surface area is 144 Å². The molecule has 2 saturated heterocycles. The highest BCUT2D eigenvalue weighted by Crippen LogP contribution is 2.33. The monoisotopic (exact) mass is 331 g/mol. The molecule has 0 bridgehead atoms. The van der Waals surface area contributed by atoms with Gasteiger partial charge in [-0.25, -0.2) is 0 Å². The van der Waals surface area contributed by atoms with Crippen LogP contribution in [0, 0.1) is 0 Å². The number of hydrogen-bond acceptors (Lipinski definition) is 4. The summed E-state index contributed by atoms with van der Waals surface area (Å²) in [7, 11) is 4.12. The molecule has 2 heterocycles. The largest absolute Gasteiger partial charge is 0.390 e. The predicted molar refractivity (Wildman–Crippen MR) is 96.1 cm³/mol. The second kappa shape index (κ2) is 7.53. The quantitative estimate of drug-likeness (QED) is 0.864. The van der Waals surface area contributed by atoms with Crippen LogP contribution in [-0.4, -0.2) is 67.2 Å². The van der Waals surface area contributed by atoms with Gasteiger partial charge in [-0.05, 0) is 43.5 Å². The summed E-state index contributed by atoms with van der Waals surface area (Å²) >= 11 is 0. The van der Waals surface area contributed by atoms with Crippen molar-refractivity contribution in [1.82, 2.24) is 9.80 Å². The zero-order valence-electron chi connectivity index (χ0n) is 14.8. The lowest BCUT2D eigenvalue weighted by molar-refractivity contribution is -0.129. The fraction of sp³-hybridized carbons (Fsp3) is 0.632. The molecule has 0 saturated carbocycles. The van der Waals surface area contributed by atoms with Crippen molar-refractivity contribution in [3.63, 3.8) is 0 Å². The van der Waals surface area contributed by atoms with Crippen molar-refractivity contribution in [2.45, 2.75) is 37.8 Å². The van der Waals surface area contributed by atoms with Gasteiger partial charge in [0, 0.05) is 51.9 Å². The van der Waals surface area contributed by atoms with E-state index in [-0.39, 0.29) is 5.91 Å². The first kappa shape index (κ1) is 17.2. The normalized spacial score (nSPS) is 23.0. The van der Waals surface area contributed by atoms with Crippen molar-refractivity contribution in [3.05, 3.63) is 29.8 Å². The van der Waals surface area contributed by atoms with E-state index in [9.17, 15) is 9.90 Å². The summed E-state index contributed by atoms with van der Waals surface area (Å²) < 4.78 is 0. The second-order valence-electron chi connectivity index (χ2n) is 7.24. The number of benzene rings is 1. The van der Waals surface area contributed by atoms with Crippen molar-refractivity contribution in [2.24, 2.45) is 0 Å². The number of nitrogens with zero attached hydrogens (tertiary/aromatic N) is 3. The summed E-state index contributed by atoms with van der Waals surface area (Å²) in [4.78, 5) is 18.0. The summed E-state index contributed by atoms with van der Waals surface area (Å²) in [6.45, 7) is 2.92. The molecular weight excluding hydrogens is 302 g/mol. The highest BCUT2D eigenvalue weighted by Gasteiger charge is 2.29. The Kier molecular flexibility index (Phi) is 5.41. The van der Waals surface area contributed by atoms with Gasteiger partial charge in [-0.3, -0.25) is 9.69 Å². The number of hydrogen-bond donors (Lipinski definition) is 1. The van der Waals surface area contributed by atoms with Crippen molar-refractivity contribution < 1.29 is 9.90 Å². The van der Waals surface area contributed by atoms with E-state index >= 15 is 0 Å². The zero-order chi connectivity index (χ0) is 17.1. The maximum absolute atomic E-state index is 11.7. The number of β-amino-alcohol motifs (C(OH)–C–C–N with tert-alkyl or cyclic N) is 1. The van der Waals surface area contributed by atoms with Crippen LogP contribution in [0.3, 0.4) is 0 Å². The molecule has 0 unspecified atom stereocenters. The van der Waals surface area contributed by atoms with Crippen LogP contribution in [0.1, 0.15) is 37.3 Å². The molecule has 0 aromatic heterocycles. The van der Waals surface area contributed by atoms with Gasteiger partial charge in [0.2, 0.25) is 5.91 Å². The Hall–Kier alpha value is -1.59. The third-order valence-electron chi connectivity index (χ3n) is 5.18. The SMILES string of the molecule is CN(C)c1cccc([C@H]2CCCN2C[C@@H](O)CN2CCCC2=O)c1. The van der Waals surface area contributed by atoms with Crippen LogP contribution in [0.5, 0.6) is 0 Å². The smallest absolute Gasteiger partial charge is 0.222 e. The van der Waals surface area contributed by atoms with Gasteiger partial charge in [0.05, 0.1) is 6.10 Å². The molecule has 2 aliphatic rings. The van der Waals surface area contributed by atoms with Gasteiger partial charge in [0.25, 0.3) is 0 Å². The molecule has 0 aliphatic carbocycles. The van der Waals surface area contributed by atoms with E-state index in [4.69, 9.17) is 0 Å². The molecule has 5 heteroatoms. The molecule has 2 atom stereocenters. The van der Waals surface area contributed by atoms with E-state index in [2.05, 4.69) is 48.2 Å². The summed E-state index contributed by atoms with van der Waals surface area (Å²) in [5, 5.41) is 10.5. The number of carbonyl (C=O) groups excluding carboxylic acids is 1. The minimum Gasteiger partial charge on any atom is -0.390 e. The first-order chi connectivity index (χ1) is 11.5. The van der Waals surface area contributed by atoms with Gasteiger partial charge in [0.1, 0.15) is 0 Å². The van der Waals surface area contributed by atoms with E-state index < -0.39 is 6.10 Å². The topological polar surface area (TPSA) is 47.0 Å². The number of anilines is 1. The van der Waals surface area contributed by atoms with Gasteiger partial charge >= 0.3 is 0 Å². The standard InChI is InChI=1S/C19H29N3O2/c1-20(2)16-7-3-6-15(12-16)18-8-4-10-21(18)13-17(23)14-22-11-5-9-19(22)24/h3,6-7,12,17-18,23H,4-5,8-11,13-14H2,1-2H3/t17-,18-/m1/s1. The molecule has 2 aliphatic heterocycles. The van der Waals surface area contributed by atoms with Crippen LogP contribution >= 0.6 is 0 Å². The van der Waals surface area contributed by atoms with Crippen molar-refractivity contribution in [1.29, 1.82) is 0 Å². The number of likely N-dealkylation sites (tertiary alicyclic amines) is 2. The molecule has 1 amide bonds. The third kappa shape index (κ3) is 3.90. The predicted octanol–water partition coefficient (Wildman–Crippen LogP) is 1.87. The van der Waals surface area contributed by atoms with E-state index in [1.165, 1.54) is 11.3 Å². The van der Waals surface area contributed by atoms with Gasteiger partial charge in [-0.1, -0.05) is 12.1 Å². The fourth-order valence-electron chi connectivity index (χ4n) is 3.91. The lowest BCUT2D eigenvalue weighted by Gasteiger charge is -2.29. The number of amides is 1. The molecular formula is C19H29N3O2. The highest BCUT2D eigenvalue weighted by atomic mass is 16.3. The van der Waals surface area contributed by atoms with Gasteiger partial charge in [0.15, 0.2) is 0 Å². The first-order valence-corrected chi connectivity index (χ1v) is 9.02. The Balaban J connectivity index is 1.62. The van der Waals surface area contributed by atoms with Gasteiger partial charge in [-0.15, -0.1) is 0 Å². The molecule has 0 spiro atoms. The van der Waals surface area contributed by atoms with Gasteiger partial charge < -0.3 is 14.9 Å². The molecule has 0 radical (unpaired) electrons. The van der Waals surface area contributed by atoms with Crippen LogP contribution in [0.25, 0.3) is 0 Å². The van der Waals surface area contributed by atoms with Crippen molar-refractivity contribution in [2.75, 3.05) is 45.2 Å². The number of aliphatic hydroxyl groups is 1. The molecule has 3 rings (SSSR count). The Morgan fingerprint density at radius 2 is 2.08 bits per heavy atom. The Morgan fingerprint density at radius 1 is 1.25 bits per heavy atom. The second-order valence-corrected chi connectivity index (χ2v) is 7.24. The molecule has 5 nitrogen and oxygen atoms in total. The van der Waals surface area contributed by atoms with E-state index in [0.717, 1.165) is 32.4 Å². The van der Waals surface area contributed by atoms with Crippen molar-refractivity contribution >= 4 is 11.6 Å². The fourth-order valence-corrected chi connectivity index (χ4v) is 3.91. The van der Waals surface area contributed by atoms with Crippen LogP contribution in [-0.2, 0) is 4.79 Å². The maximum atomic E-state index is 11.7. The number of carbonyl (C=O) groups is 1. The molecule has 132 valence electrons. The Morgan fingerprint density at radius 3 is 2.79 bits per heavy atom. The van der Waals surface area contributed by atoms with E-state index in [1.54, 1.807) is 0 Å². The maximum Gasteiger partial charge on any atom is 0.222 e. The molecule has 2 fully saturated rings. The minimum atomic E-state index is -0.468. The van der Waals surface area contributed by atoms with Crippen LogP contribution in [0.2, 0.25) is 0 Å². The Bertz CT molecular complexity index is 575. The third-order valence-corrected chi connectivity index (χ3v) is 5.18. The van der Waals surface area contributed by atoms with Crippen molar-refractivity contribution in [3.8, 4) is 0 Å². The first-order valence-electron chi connectivity index (χ1n) is 9.02. The molecule has 1 aromatic carbocycles. The minimum absolute atomic E-state index is 0.186. The average molecular weight is 331 g/mol. The van der Waals surface area contributed by atoms with Crippen LogP contribution in [0.4, 0.5) is 5.69 Å². The lowest BCUT2D eigenvalue weighted by atomic mass is 10.0. The summed E-state index contributed by atoms with van der Waals surface area (Å²) in [6, 6.07) is 9.04. The highest BCUT2D eigenvalue weighted by molar-refractivity contribution is 5.78. The average Bonchev–Trinajstić information content (AvgIpc) is 3.17. The molecule has 1 N–H and O–H groups in total. The zero-order valence-corrected chi connectivity index (χ0v) is 14.8. The number of rotatable bonds is 6. The molecule has 1 aromatic rings. The number of aliphatic hydroxyl groups excluding tert-OH is 1. The summed E-state index contributed by atoms with van der Waals surface area (Å²) in [5.74, 6) is 0.186. The van der Waals surface area contributed by atoms with E-state index in [0.29, 0.717) is 25.6 Å². The lowest BCUT2D eigenvalue weighted by Crippen LogP contribution is -2.40. The summed E-state index contributed by atoms with van der Waals surface area (Å²) in [5.41, 5.74) is 2.53. The van der Waals surface area contributed by atoms with Crippen LogP contribution < -0.4 is 4.90 Å². The molecule has 24 heavy (non-hydrogen) atoms. The summed E-state index contributed by atoms with van der Waals surface area (Å²) in [6.07, 6.45) is 3.38.